The molecule has 0 amide bonds. The molecule has 1 aliphatic rings. The molecule has 0 unspecified atom stereocenters. The first-order valence-electron chi connectivity index (χ1n) is 6.22. The van der Waals surface area contributed by atoms with Gasteiger partial charge in [-0.25, -0.2) is 4.98 Å². The number of aromatic nitrogens is 1. The minimum atomic E-state index is 0.671. The maximum Gasteiger partial charge on any atom is 0.208 e. The summed E-state index contributed by atoms with van der Waals surface area (Å²) >= 11 is 0. The Balaban J connectivity index is 1.83. The normalized spacial score (nSPS) is 13.8. The third-order valence-corrected chi connectivity index (χ3v) is 3.09. The topological polar surface area (TPSA) is 47.3 Å². The lowest BCUT2D eigenvalue weighted by Gasteiger charge is -2.00. The van der Waals surface area contributed by atoms with Gasteiger partial charge in [-0.2, -0.15) is 0 Å². The first-order valence-corrected chi connectivity index (χ1v) is 6.22. The van der Waals surface area contributed by atoms with Gasteiger partial charge in [-0.3, -0.25) is 0 Å². The minimum absolute atomic E-state index is 0.671. The average Bonchev–Trinajstić information content (AvgIpc) is 3.04. The van der Waals surface area contributed by atoms with E-state index in [-0.39, 0.29) is 0 Å². The Hall–Kier alpha value is -1.65. The van der Waals surface area contributed by atoms with Gasteiger partial charge in [0.1, 0.15) is 0 Å². The van der Waals surface area contributed by atoms with E-state index in [4.69, 9.17) is 9.15 Å². The van der Waals surface area contributed by atoms with Crippen molar-refractivity contribution >= 4 is 0 Å². The van der Waals surface area contributed by atoms with Gasteiger partial charge >= 0.3 is 0 Å². The van der Waals surface area contributed by atoms with Crippen molar-refractivity contribution in [2.24, 2.45) is 0 Å². The third kappa shape index (κ3) is 2.17. The Kier molecular flexibility index (Phi) is 3.13. The Morgan fingerprint density at radius 3 is 3.06 bits per heavy atom. The first-order chi connectivity index (χ1) is 8.86. The largest absolute Gasteiger partial charge is 0.439 e. The fourth-order valence-electron chi connectivity index (χ4n) is 2.08. The van der Waals surface area contributed by atoms with Gasteiger partial charge < -0.3 is 14.5 Å². The predicted molar refractivity (Wildman–Crippen MR) is 67.8 cm³/mol. The zero-order valence-corrected chi connectivity index (χ0v) is 10.4. The fourth-order valence-corrected chi connectivity index (χ4v) is 2.08. The van der Waals surface area contributed by atoms with Crippen molar-refractivity contribution in [3.05, 3.63) is 41.4 Å². The van der Waals surface area contributed by atoms with E-state index in [1.165, 1.54) is 11.1 Å². The molecule has 0 saturated carbocycles. The van der Waals surface area contributed by atoms with Crippen LogP contribution >= 0.6 is 0 Å². The Morgan fingerprint density at radius 1 is 1.28 bits per heavy atom. The first kappa shape index (κ1) is 11.4. The molecular weight excluding hydrogens is 228 g/mol. The van der Waals surface area contributed by atoms with Crippen molar-refractivity contribution in [2.75, 3.05) is 6.54 Å². The van der Waals surface area contributed by atoms with E-state index in [1.54, 1.807) is 6.20 Å². The molecule has 1 aromatic carbocycles. The molecule has 1 aromatic heterocycles. The standard InChI is InChI=1S/C14H16N2O2/c1-2-15-7-14-16-6-13(18-14)10-3-4-11-8-17-9-12(11)5-10/h3-6,15H,2,7-9H2,1H3. The number of nitrogens with zero attached hydrogens (tertiary/aromatic N) is 1. The second-order valence-corrected chi connectivity index (χ2v) is 4.37. The van der Waals surface area contributed by atoms with Gasteiger partial charge in [0.15, 0.2) is 5.76 Å². The van der Waals surface area contributed by atoms with E-state index in [2.05, 4.69) is 35.4 Å². The number of rotatable bonds is 4. The van der Waals surface area contributed by atoms with Gasteiger partial charge in [-0.15, -0.1) is 0 Å². The molecule has 1 N–H and O–H groups in total. The van der Waals surface area contributed by atoms with Crippen LogP contribution in [0.25, 0.3) is 11.3 Å². The summed E-state index contributed by atoms with van der Waals surface area (Å²) in [4.78, 5) is 4.26. The zero-order chi connectivity index (χ0) is 12.4. The monoisotopic (exact) mass is 244 g/mol. The van der Waals surface area contributed by atoms with Crippen molar-refractivity contribution in [3.8, 4) is 11.3 Å². The molecule has 0 atom stereocenters. The fraction of sp³-hybridized carbons (Fsp3) is 0.357. The summed E-state index contributed by atoms with van der Waals surface area (Å²) in [6.07, 6.45) is 1.78. The molecular formula is C14H16N2O2. The van der Waals surface area contributed by atoms with Crippen LogP contribution in [0, 0.1) is 0 Å². The van der Waals surface area contributed by atoms with Gasteiger partial charge in [-0.1, -0.05) is 19.1 Å². The highest BCUT2D eigenvalue weighted by atomic mass is 16.5. The van der Waals surface area contributed by atoms with Crippen LogP contribution in [0.3, 0.4) is 0 Å². The lowest BCUT2D eigenvalue weighted by atomic mass is 10.1. The molecule has 2 heterocycles. The molecule has 94 valence electrons. The SMILES string of the molecule is CCNCc1ncc(-c2ccc3c(c2)COC3)o1. The van der Waals surface area contributed by atoms with Crippen LogP contribution in [0.15, 0.2) is 28.8 Å². The van der Waals surface area contributed by atoms with Crippen LogP contribution in [0.5, 0.6) is 0 Å². The Bertz CT molecular complexity index is 548. The second kappa shape index (κ2) is 4.92. The van der Waals surface area contributed by atoms with E-state index in [0.717, 1.165) is 30.4 Å². The quantitative estimate of drug-likeness (QED) is 0.897. The molecule has 1 aliphatic heterocycles. The predicted octanol–water partition coefficient (Wildman–Crippen LogP) is 2.48. The van der Waals surface area contributed by atoms with Crippen LogP contribution in [-0.4, -0.2) is 11.5 Å². The smallest absolute Gasteiger partial charge is 0.208 e. The maximum atomic E-state index is 5.72. The zero-order valence-electron chi connectivity index (χ0n) is 10.4. The van der Waals surface area contributed by atoms with E-state index in [0.29, 0.717) is 13.2 Å². The molecule has 0 bridgehead atoms. The number of fused-ring (bicyclic) bond motifs is 1. The van der Waals surface area contributed by atoms with Crippen molar-refractivity contribution < 1.29 is 9.15 Å². The molecule has 0 fully saturated rings. The van der Waals surface area contributed by atoms with Crippen LogP contribution in [0.2, 0.25) is 0 Å². The van der Waals surface area contributed by atoms with E-state index < -0.39 is 0 Å². The van der Waals surface area contributed by atoms with Crippen LogP contribution in [0.4, 0.5) is 0 Å². The molecule has 0 spiro atoms. The molecule has 0 radical (unpaired) electrons. The lowest BCUT2D eigenvalue weighted by molar-refractivity contribution is 0.134. The molecule has 3 rings (SSSR count). The van der Waals surface area contributed by atoms with Gasteiger partial charge in [0.2, 0.25) is 5.89 Å². The summed E-state index contributed by atoms with van der Waals surface area (Å²) in [6.45, 7) is 5.06. The van der Waals surface area contributed by atoms with E-state index in [1.807, 2.05) is 0 Å². The van der Waals surface area contributed by atoms with E-state index in [9.17, 15) is 0 Å². The summed E-state index contributed by atoms with van der Waals surface area (Å²) in [5.41, 5.74) is 3.58. The van der Waals surface area contributed by atoms with Gasteiger partial charge in [0.05, 0.1) is 26.0 Å². The minimum Gasteiger partial charge on any atom is -0.439 e. The number of ether oxygens (including phenoxy) is 1. The highest BCUT2D eigenvalue weighted by molar-refractivity contribution is 5.59. The van der Waals surface area contributed by atoms with Gasteiger partial charge in [-0.05, 0) is 23.7 Å². The molecule has 4 nitrogen and oxygen atoms in total. The lowest BCUT2D eigenvalue weighted by Crippen LogP contribution is -2.11. The van der Waals surface area contributed by atoms with Crippen LogP contribution in [0.1, 0.15) is 23.9 Å². The molecule has 0 aliphatic carbocycles. The summed E-state index contributed by atoms with van der Waals surface area (Å²) < 4.78 is 11.1. The Labute approximate surface area is 106 Å². The van der Waals surface area contributed by atoms with Gasteiger partial charge in [0.25, 0.3) is 0 Å². The number of nitrogens with one attached hydrogen (secondary N) is 1. The molecule has 18 heavy (non-hydrogen) atoms. The number of oxazole rings is 1. The summed E-state index contributed by atoms with van der Waals surface area (Å²) in [7, 11) is 0. The van der Waals surface area contributed by atoms with Crippen molar-refractivity contribution in [2.45, 2.75) is 26.7 Å². The van der Waals surface area contributed by atoms with Crippen molar-refractivity contribution in [1.82, 2.24) is 10.3 Å². The molecule has 4 heteroatoms. The molecule has 0 saturated heterocycles. The maximum absolute atomic E-state index is 5.72. The van der Waals surface area contributed by atoms with E-state index >= 15 is 0 Å². The highest BCUT2D eigenvalue weighted by Gasteiger charge is 2.13. The Morgan fingerprint density at radius 2 is 2.17 bits per heavy atom. The highest BCUT2D eigenvalue weighted by Crippen LogP contribution is 2.27. The van der Waals surface area contributed by atoms with Gasteiger partial charge in [0, 0.05) is 5.56 Å². The number of hydrogen-bond acceptors (Lipinski definition) is 4. The third-order valence-electron chi connectivity index (χ3n) is 3.09. The number of hydrogen-bond donors (Lipinski definition) is 1. The summed E-state index contributed by atoms with van der Waals surface area (Å²) in [5.74, 6) is 1.54. The van der Waals surface area contributed by atoms with Crippen LogP contribution < -0.4 is 5.32 Å². The second-order valence-electron chi connectivity index (χ2n) is 4.37. The van der Waals surface area contributed by atoms with Crippen molar-refractivity contribution in [1.29, 1.82) is 0 Å². The number of benzene rings is 1. The van der Waals surface area contributed by atoms with Crippen LogP contribution in [-0.2, 0) is 24.5 Å². The summed E-state index contributed by atoms with van der Waals surface area (Å²) in [5, 5.41) is 3.19. The molecule has 2 aromatic rings. The average molecular weight is 244 g/mol. The van der Waals surface area contributed by atoms with Crippen molar-refractivity contribution in [3.63, 3.8) is 0 Å². The summed E-state index contributed by atoms with van der Waals surface area (Å²) in [6, 6.07) is 6.29.